The van der Waals surface area contributed by atoms with Crippen LogP contribution in [-0.2, 0) is 32.1 Å². The Morgan fingerprint density at radius 3 is 1.71 bits per heavy atom. The molecule has 0 saturated carbocycles. The van der Waals surface area contributed by atoms with E-state index in [9.17, 15) is 0 Å². The van der Waals surface area contributed by atoms with E-state index in [2.05, 4.69) is 37.5 Å². The Labute approximate surface area is 68.2 Å². The zero-order valence-corrected chi connectivity index (χ0v) is 8.91. The summed E-state index contributed by atoms with van der Waals surface area (Å²) >= 11 is 8.26. The minimum atomic E-state index is 0. The third-order valence-corrected chi connectivity index (χ3v) is 0. The van der Waals surface area contributed by atoms with E-state index in [1.807, 2.05) is 0 Å². The first-order valence-electron chi connectivity index (χ1n) is 1.40. The SMILES string of the molecule is NC(=S)[S-].[CH2-]C.[Zn+2]. The summed E-state index contributed by atoms with van der Waals surface area (Å²) in [5, 5.41) is 0. The fourth-order valence-electron chi connectivity index (χ4n) is 0. The predicted molar refractivity (Wildman–Crippen MR) is 35.2 cm³/mol. The van der Waals surface area contributed by atoms with Crippen LogP contribution in [-0.4, -0.2) is 4.32 Å². The van der Waals surface area contributed by atoms with Crippen LogP contribution < -0.4 is 5.73 Å². The Morgan fingerprint density at radius 1 is 1.71 bits per heavy atom. The van der Waals surface area contributed by atoms with E-state index in [1.54, 1.807) is 6.92 Å². The Hall–Kier alpha value is 0.733. The topological polar surface area (TPSA) is 26.0 Å². The number of hydrogen-bond acceptors (Lipinski definition) is 2. The van der Waals surface area contributed by atoms with Crippen LogP contribution in [0.4, 0.5) is 0 Å². The van der Waals surface area contributed by atoms with Gasteiger partial charge in [-0.3, -0.25) is 0 Å². The smallest absolute Gasteiger partial charge is 0.415 e. The maximum atomic E-state index is 4.66. The van der Waals surface area contributed by atoms with Gasteiger partial charge in [-0.05, 0) is 0 Å². The molecule has 0 aromatic carbocycles. The molecule has 0 radical (unpaired) electrons. The van der Waals surface area contributed by atoms with Crippen molar-refractivity contribution in [2.75, 3.05) is 0 Å². The van der Waals surface area contributed by atoms with Gasteiger partial charge in [0.2, 0.25) is 0 Å². The minimum absolute atomic E-state index is 0. The van der Waals surface area contributed by atoms with Crippen LogP contribution in [0, 0.1) is 6.92 Å². The molecule has 0 rings (SSSR count). The second kappa shape index (κ2) is 15.9. The van der Waals surface area contributed by atoms with Crippen LogP contribution in [0.3, 0.4) is 0 Å². The predicted octanol–water partition coefficient (Wildman–Crippen LogP) is 0.615. The molecule has 0 saturated heterocycles. The number of hydrogen-bond donors (Lipinski definition) is 1. The standard InChI is InChI=1S/C2H5.CH3NS2.Zn/c1-2;2-1(3)4;/h1H2,2H3;(H3,2,3,4);/q-1;;+2/p-1. The minimum Gasteiger partial charge on any atom is -0.415 e. The molecule has 2 N–H and O–H groups in total. The van der Waals surface area contributed by atoms with Gasteiger partial charge >= 0.3 is 19.5 Å². The van der Waals surface area contributed by atoms with Crippen molar-refractivity contribution in [2.45, 2.75) is 6.92 Å². The van der Waals surface area contributed by atoms with E-state index >= 15 is 0 Å². The molecule has 1 nitrogen and oxygen atoms in total. The second-order valence-corrected chi connectivity index (χ2v) is 1.46. The average molecular weight is 187 g/mol. The molecule has 7 heavy (non-hydrogen) atoms. The second-order valence-electron chi connectivity index (χ2n) is 0.319. The van der Waals surface area contributed by atoms with E-state index in [0.29, 0.717) is 0 Å². The summed E-state index contributed by atoms with van der Waals surface area (Å²) in [6.07, 6.45) is 0. The van der Waals surface area contributed by atoms with E-state index < -0.39 is 0 Å². The van der Waals surface area contributed by atoms with Gasteiger partial charge in [0.25, 0.3) is 0 Å². The van der Waals surface area contributed by atoms with Crippen molar-refractivity contribution in [2.24, 2.45) is 5.73 Å². The van der Waals surface area contributed by atoms with E-state index in [1.165, 1.54) is 0 Å². The van der Waals surface area contributed by atoms with E-state index in [4.69, 9.17) is 0 Å². The Bertz CT molecular complexity index is 35.9. The number of thiocarbonyl (C=S) groups is 1. The summed E-state index contributed by atoms with van der Waals surface area (Å²) < 4.78 is 0.0833. The van der Waals surface area contributed by atoms with Crippen molar-refractivity contribution in [1.29, 1.82) is 0 Å². The summed E-state index contributed by atoms with van der Waals surface area (Å²) in [5.41, 5.74) is 4.66. The third-order valence-electron chi connectivity index (χ3n) is 0. The molecule has 0 aromatic rings. The molecule has 0 amide bonds. The van der Waals surface area contributed by atoms with E-state index in [0.717, 1.165) is 0 Å². The van der Waals surface area contributed by atoms with Gasteiger partial charge in [0.1, 0.15) is 0 Å². The molecule has 0 fully saturated rings. The van der Waals surface area contributed by atoms with Crippen molar-refractivity contribution in [3.8, 4) is 0 Å². The van der Waals surface area contributed by atoms with Crippen LogP contribution in [0.15, 0.2) is 0 Å². The van der Waals surface area contributed by atoms with Gasteiger partial charge in [-0.25, -0.2) is 0 Å². The maximum Gasteiger partial charge on any atom is 2.00 e. The van der Waals surface area contributed by atoms with Crippen LogP contribution in [0.1, 0.15) is 6.92 Å². The third kappa shape index (κ3) is 280. The molecular weight excluding hydrogens is 180 g/mol. The fraction of sp³-hybridized carbons (Fsp3) is 0.333. The van der Waals surface area contributed by atoms with Gasteiger partial charge < -0.3 is 37.5 Å². The average Bonchev–Trinajstić information content (AvgIpc) is 1.41. The Morgan fingerprint density at radius 2 is 1.71 bits per heavy atom. The van der Waals surface area contributed by atoms with Gasteiger partial charge in [-0.1, -0.05) is 4.32 Å². The molecular formula is C3H7NS2Zn. The molecule has 0 heterocycles. The molecule has 0 unspecified atom stereocenters. The number of nitrogens with two attached hydrogens (primary N) is 1. The molecule has 0 aliphatic rings. The summed E-state index contributed by atoms with van der Waals surface area (Å²) in [6.45, 7) is 5.00. The largest absolute Gasteiger partial charge is 2.00 e. The summed E-state index contributed by atoms with van der Waals surface area (Å²) in [6, 6.07) is 0. The monoisotopic (exact) mass is 185 g/mol. The van der Waals surface area contributed by atoms with Gasteiger partial charge in [-0.2, -0.15) is 6.92 Å². The molecule has 0 aliphatic carbocycles. The summed E-state index contributed by atoms with van der Waals surface area (Å²) in [4.78, 5) is 0. The van der Waals surface area contributed by atoms with Crippen LogP contribution in [0.2, 0.25) is 0 Å². The first-order valence-corrected chi connectivity index (χ1v) is 2.22. The summed E-state index contributed by atoms with van der Waals surface area (Å²) in [5.74, 6) is 0. The van der Waals surface area contributed by atoms with Gasteiger partial charge in [0.15, 0.2) is 0 Å². The molecule has 0 aromatic heterocycles. The molecule has 0 aliphatic heterocycles. The van der Waals surface area contributed by atoms with E-state index in [-0.39, 0.29) is 23.8 Å². The first-order chi connectivity index (χ1) is 2.73. The zero-order valence-electron chi connectivity index (χ0n) is 4.31. The molecule has 4 heteroatoms. The summed E-state index contributed by atoms with van der Waals surface area (Å²) in [7, 11) is 0. The van der Waals surface area contributed by atoms with Crippen molar-refractivity contribution in [3.05, 3.63) is 6.92 Å². The van der Waals surface area contributed by atoms with Crippen molar-refractivity contribution in [1.82, 2.24) is 0 Å². The molecule has 38 valence electrons. The maximum absolute atomic E-state index is 4.66. The Balaban J connectivity index is -0.0000000480. The van der Waals surface area contributed by atoms with Crippen LogP contribution >= 0.6 is 12.2 Å². The normalized spacial score (nSPS) is 4.29. The van der Waals surface area contributed by atoms with Crippen molar-refractivity contribution in [3.63, 3.8) is 0 Å². The first kappa shape index (κ1) is 15.6. The zero-order chi connectivity index (χ0) is 5.58. The van der Waals surface area contributed by atoms with Crippen LogP contribution in [0.25, 0.3) is 0 Å². The number of rotatable bonds is 0. The van der Waals surface area contributed by atoms with Crippen molar-refractivity contribution < 1.29 is 19.5 Å². The van der Waals surface area contributed by atoms with Crippen LogP contribution in [0.5, 0.6) is 0 Å². The molecule has 0 atom stereocenters. The fourth-order valence-corrected chi connectivity index (χ4v) is 0. The van der Waals surface area contributed by atoms with Gasteiger partial charge in [0, 0.05) is 0 Å². The van der Waals surface area contributed by atoms with Crippen molar-refractivity contribution >= 4 is 29.2 Å². The quantitative estimate of drug-likeness (QED) is 0.260. The molecule has 0 bridgehead atoms. The van der Waals surface area contributed by atoms with Gasteiger partial charge in [-0.15, -0.1) is 0 Å². The van der Waals surface area contributed by atoms with Gasteiger partial charge in [0.05, 0.1) is 0 Å². The Kier molecular flexibility index (Phi) is 35.5. The molecule has 0 spiro atoms.